The maximum atomic E-state index is 13.2. The molecule has 1 N–H and O–H groups in total. The first-order valence-corrected chi connectivity index (χ1v) is 10.2. The Labute approximate surface area is 179 Å². The number of hydrogen-bond donors (Lipinski definition) is 1. The van der Waals surface area contributed by atoms with Crippen molar-refractivity contribution < 1.29 is 13.9 Å². The molecule has 2 aromatic heterocycles. The monoisotopic (exact) mass is 421 g/mol. The van der Waals surface area contributed by atoms with Gasteiger partial charge in [-0.05, 0) is 56.7 Å². The Kier molecular flexibility index (Phi) is 6.08. The van der Waals surface area contributed by atoms with Gasteiger partial charge in [0, 0.05) is 19.8 Å². The zero-order chi connectivity index (χ0) is 21.8. The summed E-state index contributed by atoms with van der Waals surface area (Å²) in [5, 5.41) is 7.23. The summed E-state index contributed by atoms with van der Waals surface area (Å²) in [6.45, 7) is 5.75. The smallest absolute Gasteiger partial charge is 0.261 e. The molecule has 31 heavy (non-hydrogen) atoms. The highest BCUT2D eigenvalue weighted by atomic mass is 19.1. The normalized spacial score (nSPS) is 11.2. The third-order valence-electron chi connectivity index (χ3n) is 5.08. The van der Waals surface area contributed by atoms with Crippen molar-refractivity contribution in [2.24, 2.45) is 0 Å². The molecule has 0 radical (unpaired) electrons. The number of rotatable bonds is 8. The van der Waals surface area contributed by atoms with E-state index in [0.29, 0.717) is 42.7 Å². The van der Waals surface area contributed by atoms with E-state index in [0.717, 1.165) is 17.5 Å². The summed E-state index contributed by atoms with van der Waals surface area (Å²) in [6.07, 6.45) is 2.31. The fourth-order valence-corrected chi connectivity index (χ4v) is 3.51. The molecule has 2 heterocycles. The fraction of sp³-hybridized carbons (Fsp3) is 0.261. The minimum absolute atomic E-state index is 0.299. The summed E-state index contributed by atoms with van der Waals surface area (Å²) < 4.78 is 22.3. The molecule has 0 bridgehead atoms. The number of hydrogen-bond acceptors (Lipinski definition) is 4. The van der Waals surface area contributed by atoms with Crippen LogP contribution in [0.15, 0.2) is 54.7 Å². The Morgan fingerprint density at radius 1 is 1.16 bits per heavy atom. The van der Waals surface area contributed by atoms with Crippen molar-refractivity contribution in [3.63, 3.8) is 0 Å². The summed E-state index contributed by atoms with van der Waals surface area (Å²) in [5.41, 5.74) is 3.53. The Morgan fingerprint density at radius 3 is 2.71 bits per heavy atom. The van der Waals surface area contributed by atoms with Gasteiger partial charge in [-0.15, -0.1) is 0 Å². The number of fused-ring (bicyclic) bond motifs is 1. The summed E-state index contributed by atoms with van der Waals surface area (Å²) >= 11 is 0. The third-order valence-corrected chi connectivity index (χ3v) is 5.08. The Bertz CT molecular complexity index is 1200. The van der Waals surface area contributed by atoms with E-state index in [2.05, 4.69) is 15.4 Å². The Morgan fingerprint density at radius 2 is 1.94 bits per heavy atom. The summed E-state index contributed by atoms with van der Waals surface area (Å²) in [7, 11) is 0. The van der Waals surface area contributed by atoms with E-state index in [9.17, 15) is 9.18 Å². The van der Waals surface area contributed by atoms with Gasteiger partial charge in [-0.25, -0.2) is 14.1 Å². The second-order valence-electron chi connectivity index (χ2n) is 7.11. The number of nitrogens with zero attached hydrogens (tertiary/aromatic N) is 4. The quantitative estimate of drug-likeness (QED) is 0.429. The maximum absolute atomic E-state index is 13.2. The molecule has 0 fully saturated rings. The molecule has 7 nitrogen and oxygen atoms in total. The molecule has 160 valence electrons. The molecule has 4 rings (SSSR count). The lowest BCUT2D eigenvalue weighted by atomic mass is 10.2. The van der Waals surface area contributed by atoms with Gasteiger partial charge in [0.15, 0.2) is 0 Å². The van der Waals surface area contributed by atoms with Crippen LogP contribution in [0.5, 0.6) is 0 Å². The van der Waals surface area contributed by atoms with Crippen molar-refractivity contribution in [2.75, 3.05) is 18.5 Å². The van der Waals surface area contributed by atoms with E-state index in [4.69, 9.17) is 4.74 Å². The van der Waals surface area contributed by atoms with Crippen molar-refractivity contribution in [3.8, 4) is 5.69 Å². The minimum Gasteiger partial charge on any atom is -0.382 e. The van der Waals surface area contributed by atoms with Crippen LogP contribution in [0, 0.1) is 12.7 Å². The molecule has 8 heteroatoms. The molecule has 4 aromatic rings. The molecule has 2 aromatic carbocycles. The topological polar surface area (TPSA) is 74.0 Å². The van der Waals surface area contributed by atoms with Crippen LogP contribution in [0.25, 0.3) is 16.7 Å². The second-order valence-corrected chi connectivity index (χ2v) is 7.11. The predicted octanol–water partition coefficient (Wildman–Crippen LogP) is 4.35. The average molecular weight is 421 g/mol. The van der Waals surface area contributed by atoms with Crippen LogP contribution in [0.2, 0.25) is 0 Å². The molecule has 1 amide bonds. The number of benzene rings is 2. The van der Waals surface area contributed by atoms with Gasteiger partial charge in [-0.1, -0.05) is 12.1 Å². The van der Waals surface area contributed by atoms with Gasteiger partial charge in [0.05, 0.1) is 34.2 Å². The number of aromatic nitrogens is 4. The van der Waals surface area contributed by atoms with Gasteiger partial charge in [0.2, 0.25) is 5.95 Å². The lowest BCUT2D eigenvalue weighted by Crippen LogP contribution is -2.17. The van der Waals surface area contributed by atoms with Gasteiger partial charge in [-0.2, -0.15) is 5.10 Å². The van der Waals surface area contributed by atoms with Gasteiger partial charge >= 0.3 is 0 Å². The minimum atomic E-state index is -0.324. The highest BCUT2D eigenvalue weighted by Crippen LogP contribution is 2.22. The maximum Gasteiger partial charge on any atom is 0.261 e. The summed E-state index contributed by atoms with van der Waals surface area (Å²) in [4.78, 5) is 17.6. The van der Waals surface area contributed by atoms with Gasteiger partial charge in [-0.3, -0.25) is 10.1 Å². The van der Waals surface area contributed by atoms with Gasteiger partial charge in [0.25, 0.3) is 5.91 Å². The Balaban J connectivity index is 1.59. The van der Waals surface area contributed by atoms with E-state index in [-0.39, 0.29) is 11.7 Å². The van der Waals surface area contributed by atoms with Crippen molar-refractivity contribution in [1.29, 1.82) is 0 Å². The van der Waals surface area contributed by atoms with Gasteiger partial charge in [0.1, 0.15) is 5.82 Å². The van der Waals surface area contributed by atoms with Crippen molar-refractivity contribution in [3.05, 3.63) is 71.8 Å². The first kappa shape index (κ1) is 20.7. The van der Waals surface area contributed by atoms with Crippen LogP contribution in [-0.2, 0) is 11.3 Å². The molecule has 0 aliphatic carbocycles. The number of halogens is 1. The molecule has 0 saturated carbocycles. The van der Waals surface area contributed by atoms with Crippen LogP contribution in [0.4, 0.5) is 10.3 Å². The van der Waals surface area contributed by atoms with Crippen LogP contribution in [0.3, 0.4) is 0 Å². The van der Waals surface area contributed by atoms with Crippen molar-refractivity contribution >= 4 is 22.9 Å². The molecule has 0 spiro atoms. The number of imidazole rings is 1. The highest BCUT2D eigenvalue weighted by Gasteiger charge is 2.19. The van der Waals surface area contributed by atoms with E-state index in [1.54, 1.807) is 23.7 Å². The molecule has 0 unspecified atom stereocenters. The lowest BCUT2D eigenvalue weighted by Gasteiger charge is -2.10. The fourth-order valence-electron chi connectivity index (χ4n) is 3.51. The number of amides is 1. The largest absolute Gasteiger partial charge is 0.382 e. The molecule has 0 aliphatic heterocycles. The van der Waals surface area contributed by atoms with Crippen molar-refractivity contribution in [1.82, 2.24) is 19.3 Å². The lowest BCUT2D eigenvalue weighted by molar-refractivity contribution is 0.102. The standard InChI is InChI=1S/C23H24FN5O2/c1-3-31-14-6-13-28-21-8-5-4-7-20(21)26-23(28)27-22(30)19-15-25-29(16(19)2)18-11-9-17(24)10-12-18/h4-5,7-12,15H,3,6,13-14H2,1-2H3,(H,26,27,30). The highest BCUT2D eigenvalue weighted by molar-refractivity contribution is 6.04. The molecular formula is C23H24FN5O2. The van der Waals surface area contributed by atoms with E-state index < -0.39 is 0 Å². The van der Waals surface area contributed by atoms with Gasteiger partial charge < -0.3 is 9.30 Å². The first-order chi connectivity index (χ1) is 15.1. The van der Waals surface area contributed by atoms with E-state index >= 15 is 0 Å². The second kappa shape index (κ2) is 9.09. The average Bonchev–Trinajstić information content (AvgIpc) is 3.32. The number of aryl methyl sites for hydroxylation is 1. The number of anilines is 1. The first-order valence-electron chi connectivity index (χ1n) is 10.2. The molecule has 0 saturated heterocycles. The zero-order valence-corrected chi connectivity index (χ0v) is 17.5. The predicted molar refractivity (Wildman–Crippen MR) is 117 cm³/mol. The molecular weight excluding hydrogens is 397 g/mol. The van der Waals surface area contributed by atoms with Crippen molar-refractivity contribution in [2.45, 2.75) is 26.8 Å². The van der Waals surface area contributed by atoms with E-state index in [1.807, 2.05) is 35.8 Å². The third kappa shape index (κ3) is 4.34. The SMILES string of the molecule is CCOCCCn1c(NC(=O)c2cnn(-c3ccc(F)cc3)c2C)nc2ccccc21. The Hall–Kier alpha value is -3.52. The zero-order valence-electron chi connectivity index (χ0n) is 17.5. The molecule has 0 atom stereocenters. The van der Waals surface area contributed by atoms with Crippen LogP contribution in [0.1, 0.15) is 29.4 Å². The van der Waals surface area contributed by atoms with Crippen LogP contribution >= 0.6 is 0 Å². The number of carbonyl (C=O) groups is 1. The number of carbonyl (C=O) groups excluding carboxylic acids is 1. The number of ether oxygens (including phenoxy) is 1. The number of nitrogens with one attached hydrogen (secondary N) is 1. The van der Waals surface area contributed by atoms with Crippen LogP contribution in [-0.4, -0.2) is 38.5 Å². The summed E-state index contributed by atoms with van der Waals surface area (Å²) in [5.74, 6) is -0.140. The molecule has 0 aliphatic rings. The number of para-hydroxylation sites is 2. The summed E-state index contributed by atoms with van der Waals surface area (Å²) in [6, 6.07) is 13.7. The van der Waals surface area contributed by atoms with Crippen LogP contribution < -0.4 is 5.32 Å². The van der Waals surface area contributed by atoms with E-state index in [1.165, 1.54) is 18.3 Å².